The third-order valence-electron chi connectivity index (χ3n) is 15.2. The number of hydrogen-bond donors (Lipinski definition) is 0. The SMILES string of the molecule is C1=CC2[Si]C3=C(CC(N(c4cccc(C5=CC=C(C6C=CCCC6)CC5)c4)C4C=CC(C5(C6=CCCC=C6)C6=C(CCC=C6)c6ccccc65)CC4)CC3)C2C=C1. The molecule has 0 amide bonds. The first-order chi connectivity index (χ1) is 28.3. The van der Waals surface area contributed by atoms with Gasteiger partial charge in [0.05, 0.1) is 14.9 Å². The molecule has 57 heavy (non-hydrogen) atoms. The van der Waals surface area contributed by atoms with Crippen LogP contribution < -0.4 is 4.90 Å². The zero-order chi connectivity index (χ0) is 37.8. The Hall–Kier alpha value is -4.40. The molecule has 2 heteroatoms. The van der Waals surface area contributed by atoms with E-state index in [9.17, 15) is 0 Å². The van der Waals surface area contributed by atoms with Crippen molar-refractivity contribution in [2.24, 2.45) is 17.8 Å². The Labute approximate surface area is 344 Å². The Bertz CT molecular complexity index is 2290. The molecule has 0 saturated heterocycles. The monoisotopic (exact) mass is 759 g/mol. The Morgan fingerprint density at radius 1 is 0.719 bits per heavy atom. The van der Waals surface area contributed by atoms with Crippen LogP contribution in [-0.2, 0) is 5.41 Å². The maximum absolute atomic E-state index is 2.93. The van der Waals surface area contributed by atoms with E-state index in [1.54, 1.807) is 33.1 Å². The smallest absolute Gasteiger partial charge is 0.0835 e. The summed E-state index contributed by atoms with van der Waals surface area (Å²) in [5, 5.41) is 1.80. The van der Waals surface area contributed by atoms with Crippen molar-refractivity contribution < 1.29 is 0 Å². The highest BCUT2D eigenvalue weighted by Crippen LogP contribution is 2.60. The van der Waals surface area contributed by atoms with Crippen LogP contribution in [0.15, 0.2) is 167 Å². The zero-order valence-corrected chi connectivity index (χ0v) is 34.6. The number of anilines is 1. The van der Waals surface area contributed by atoms with Crippen LogP contribution in [0, 0.1) is 17.8 Å². The first-order valence-electron chi connectivity index (χ1n) is 22.6. The molecular weight excluding hydrogens is 703 g/mol. The predicted octanol–water partition coefficient (Wildman–Crippen LogP) is 13.7. The molecular formula is C55H57NSi. The van der Waals surface area contributed by atoms with E-state index in [0.29, 0.717) is 35.4 Å². The molecule has 2 aromatic carbocycles. The molecule has 0 saturated carbocycles. The van der Waals surface area contributed by atoms with Gasteiger partial charge in [-0.3, -0.25) is 0 Å². The number of rotatable bonds is 7. The summed E-state index contributed by atoms with van der Waals surface area (Å²) in [5.41, 5.74) is 16.1. The van der Waals surface area contributed by atoms with Gasteiger partial charge < -0.3 is 4.90 Å². The van der Waals surface area contributed by atoms with E-state index >= 15 is 0 Å². The predicted molar refractivity (Wildman–Crippen MR) is 242 cm³/mol. The van der Waals surface area contributed by atoms with Crippen LogP contribution in [-0.4, -0.2) is 21.6 Å². The van der Waals surface area contributed by atoms with Crippen LogP contribution in [0.5, 0.6) is 0 Å². The van der Waals surface area contributed by atoms with Gasteiger partial charge in [-0.1, -0.05) is 144 Å². The molecule has 286 valence electrons. The van der Waals surface area contributed by atoms with Crippen molar-refractivity contribution in [1.82, 2.24) is 0 Å². The van der Waals surface area contributed by atoms with E-state index in [4.69, 9.17) is 0 Å². The van der Waals surface area contributed by atoms with E-state index in [1.165, 1.54) is 85.7 Å². The first kappa shape index (κ1) is 35.7. The van der Waals surface area contributed by atoms with Gasteiger partial charge in [0.2, 0.25) is 0 Å². The summed E-state index contributed by atoms with van der Waals surface area (Å²) >= 11 is 0. The second-order valence-corrected chi connectivity index (χ2v) is 19.7. The molecule has 0 fully saturated rings. The lowest BCUT2D eigenvalue weighted by molar-refractivity contribution is 0.368. The number of hydrogen-bond acceptors (Lipinski definition) is 1. The lowest BCUT2D eigenvalue weighted by Crippen LogP contribution is -2.47. The summed E-state index contributed by atoms with van der Waals surface area (Å²) in [6, 6.07) is 20.1. The highest BCUT2D eigenvalue weighted by Gasteiger charge is 2.51. The van der Waals surface area contributed by atoms with Crippen LogP contribution in [0.25, 0.3) is 11.1 Å². The number of nitrogens with zero attached hydrogens (tertiary/aromatic N) is 1. The summed E-state index contributed by atoms with van der Waals surface area (Å²) in [6.07, 6.45) is 54.3. The van der Waals surface area contributed by atoms with E-state index in [-0.39, 0.29) is 5.41 Å². The highest BCUT2D eigenvalue weighted by molar-refractivity contribution is 6.50. The zero-order valence-electron chi connectivity index (χ0n) is 33.6. The molecule has 11 rings (SSSR count). The van der Waals surface area contributed by atoms with Gasteiger partial charge in [0, 0.05) is 23.7 Å². The molecule has 1 nitrogen and oxygen atoms in total. The van der Waals surface area contributed by atoms with Crippen molar-refractivity contribution >= 4 is 26.4 Å². The van der Waals surface area contributed by atoms with Crippen molar-refractivity contribution in [3.63, 3.8) is 0 Å². The van der Waals surface area contributed by atoms with Crippen LogP contribution in [0.2, 0.25) is 5.54 Å². The van der Waals surface area contributed by atoms with Gasteiger partial charge in [0.25, 0.3) is 0 Å². The average molecular weight is 760 g/mol. The van der Waals surface area contributed by atoms with E-state index < -0.39 is 0 Å². The van der Waals surface area contributed by atoms with Crippen LogP contribution in [0.4, 0.5) is 5.69 Å². The Kier molecular flexibility index (Phi) is 9.45. The standard InChI is InChI=1S/C55H57NSi/c1-3-14-38(15-4-1)39-26-28-40(29-27-39)41-16-13-19-45(36-41)56(46-34-35-54-50(37-46)49-22-9-12-25-53(49)57-54)44-32-30-43(31-33-44)55(42-17-5-2-6-18-42)51-23-10-7-20-47(51)48-21-8-11-24-52(48)55/h3,5,7,9-14,16-20,22-26,28,30,32,36,38,43-44,46,49,53H,1-2,4,6,8,15,21,27,29,31,33-35,37H2. The minimum atomic E-state index is -0.107. The molecule has 7 atom stereocenters. The largest absolute Gasteiger partial charge is 0.362 e. The molecule has 8 aliphatic carbocycles. The molecule has 0 N–H and O–H groups in total. The van der Waals surface area contributed by atoms with Gasteiger partial charge in [-0.05, 0) is 158 Å². The minimum absolute atomic E-state index is 0.107. The van der Waals surface area contributed by atoms with Gasteiger partial charge in [-0.25, -0.2) is 0 Å². The fraction of sp³-hybridized carbons (Fsp3) is 0.382. The Balaban J connectivity index is 0.960. The summed E-state index contributed by atoms with van der Waals surface area (Å²) < 4.78 is 0. The van der Waals surface area contributed by atoms with E-state index in [1.807, 2.05) is 0 Å². The molecule has 0 aromatic heterocycles. The lowest BCUT2D eigenvalue weighted by atomic mass is 9.59. The Morgan fingerprint density at radius 3 is 2.53 bits per heavy atom. The summed E-state index contributed by atoms with van der Waals surface area (Å²) in [4.78, 5) is 2.93. The van der Waals surface area contributed by atoms with E-state index in [0.717, 1.165) is 41.6 Å². The highest BCUT2D eigenvalue weighted by atomic mass is 28.2. The molecule has 0 spiro atoms. The maximum Gasteiger partial charge on any atom is 0.0835 e. The van der Waals surface area contributed by atoms with E-state index in [2.05, 4.69) is 145 Å². The van der Waals surface area contributed by atoms with Crippen molar-refractivity contribution in [1.29, 1.82) is 0 Å². The van der Waals surface area contributed by atoms with Gasteiger partial charge in [-0.2, -0.15) is 0 Å². The molecule has 2 aromatic rings. The number of benzene rings is 2. The number of allylic oxidation sites excluding steroid dienone is 20. The number of fused-ring (bicyclic) bond motifs is 4. The Morgan fingerprint density at radius 2 is 1.67 bits per heavy atom. The molecule has 2 radical (unpaired) electrons. The molecule has 0 bridgehead atoms. The van der Waals surface area contributed by atoms with Crippen molar-refractivity contribution in [2.45, 2.75) is 113 Å². The van der Waals surface area contributed by atoms with Crippen LogP contribution in [0.3, 0.4) is 0 Å². The fourth-order valence-corrected chi connectivity index (χ4v) is 14.5. The van der Waals surface area contributed by atoms with Gasteiger partial charge in [0.15, 0.2) is 0 Å². The van der Waals surface area contributed by atoms with Gasteiger partial charge >= 0.3 is 0 Å². The molecule has 9 aliphatic rings. The summed E-state index contributed by atoms with van der Waals surface area (Å²) in [7, 11) is 0.977. The van der Waals surface area contributed by atoms with Gasteiger partial charge in [-0.15, -0.1) is 0 Å². The summed E-state index contributed by atoms with van der Waals surface area (Å²) in [5.74, 6) is 1.69. The third kappa shape index (κ3) is 6.16. The minimum Gasteiger partial charge on any atom is -0.362 e. The third-order valence-corrected chi connectivity index (χ3v) is 17.0. The topological polar surface area (TPSA) is 3.24 Å². The normalized spacial score (nSPS) is 32.4. The van der Waals surface area contributed by atoms with Crippen molar-refractivity contribution in [3.8, 4) is 0 Å². The van der Waals surface area contributed by atoms with Gasteiger partial charge in [0.1, 0.15) is 0 Å². The van der Waals surface area contributed by atoms with Crippen LogP contribution >= 0.6 is 0 Å². The van der Waals surface area contributed by atoms with Crippen molar-refractivity contribution in [2.75, 3.05) is 4.90 Å². The first-order valence-corrected chi connectivity index (χ1v) is 23.7. The second-order valence-electron chi connectivity index (χ2n) is 18.2. The average Bonchev–Trinajstić information content (AvgIpc) is 3.81. The summed E-state index contributed by atoms with van der Waals surface area (Å²) in [6.45, 7) is 0. The maximum atomic E-state index is 2.93. The van der Waals surface area contributed by atoms with Crippen LogP contribution in [0.1, 0.15) is 107 Å². The molecule has 1 aliphatic heterocycles. The second kappa shape index (κ2) is 15.1. The molecule has 7 unspecified atom stereocenters. The lowest BCUT2D eigenvalue weighted by Gasteiger charge is -2.47. The molecule has 1 heterocycles. The fourth-order valence-electron chi connectivity index (χ4n) is 12.6. The van der Waals surface area contributed by atoms with Crippen molar-refractivity contribution in [3.05, 3.63) is 184 Å². The quantitative estimate of drug-likeness (QED) is 0.201.